The van der Waals surface area contributed by atoms with E-state index < -0.39 is 45.6 Å². The van der Waals surface area contributed by atoms with Crippen molar-refractivity contribution in [2.75, 3.05) is 25.0 Å². The zero-order valence-corrected chi connectivity index (χ0v) is 21.6. The number of hydrogen-bond acceptors (Lipinski definition) is 6. The number of alkyl halides is 1. The minimum Gasteiger partial charge on any atom is -0.345 e. The third-order valence-corrected chi connectivity index (χ3v) is 7.35. The molecule has 0 fully saturated rings. The van der Waals surface area contributed by atoms with Crippen LogP contribution in [-0.2, 0) is 10.2 Å². The van der Waals surface area contributed by atoms with Crippen LogP contribution < -0.4 is 4.72 Å². The summed E-state index contributed by atoms with van der Waals surface area (Å²) >= 11 is 0. The fraction of sp³-hybridized carbons (Fsp3) is 0.280. The average molecular weight is 547 g/mol. The van der Waals surface area contributed by atoms with E-state index in [9.17, 15) is 22.0 Å². The summed E-state index contributed by atoms with van der Waals surface area (Å²) in [5.74, 6) is -2.76. The van der Waals surface area contributed by atoms with Crippen molar-refractivity contribution in [1.82, 2.24) is 24.2 Å². The van der Waals surface area contributed by atoms with Crippen LogP contribution in [0.5, 0.6) is 0 Å². The van der Waals surface area contributed by atoms with Crippen molar-refractivity contribution in [3.05, 3.63) is 71.6 Å². The van der Waals surface area contributed by atoms with Gasteiger partial charge in [0.2, 0.25) is 5.78 Å². The van der Waals surface area contributed by atoms with E-state index in [0.29, 0.717) is 28.0 Å². The van der Waals surface area contributed by atoms with Gasteiger partial charge in [0.05, 0.1) is 17.9 Å². The van der Waals surface area contributed by atoms with Gasteiger partial charge in [-0.25, -0.2) is 23.7 Å². The number of halogens is 3. The van der Waals surface area contributed by atoms with Gasteiger partial charge in [0.25, 0.3) is 0 Å². The van der Waals surface area contributed by atoms with Crippen molar-refractivity contribution in [2.24, 2.45) is 0 Å². The predicted molar refractivity (Wildman–Crippen MR) is 137 cm³/mol. The van der Waals surface area contributed by atoms with Gasteiger partial charge < -0.3 is 4.98 Å². The summed E-state index contributed by atoms with van der Waals surface area (Å²) in [7, 11) is -3.10. The van der Waals surface area contributed by atoms with Crippen molar-refractivity contribution < 1.29 is 26.4 Å². The zero-order chi connectivity index (χ0) is 27.6. The molecule has 0 saturated heterocycles. The molecule has 1 aromatic carbocycles. The average Bonchev–Trinajstić information content (AvgIpc) is 3.32. The fourth-order valence-corrected chi connectivity index (χ4v) is 4.69. The van der Waals surface area contributed by atoms with E-state index in [4.69, 9.17) is 0 Å². The van der Waals surface area contributed by atoms with E-state index in [1.807, 2.05) is 18.6 Å². The van der Waals surface area contributed by atoms with Crippen LogP contribution in [0.2, 0.25) is 0 Å². The third-order valence-electron chi connectivity index (χ3n) is 5.87. The fourth-order valence-electron chi connectivity index (χ4n) is 3.73. The molecule has 4 aromatic rings. The summed E-state index contributed by atoms with van der Waals surface area (Å²) < 4.78 is 70.3. The maximum Gasteiger partial charge on any atom is 0.301 e. The number of anilines is 1. The van der Waals surface area contributed by atoms with E-state index in [1.54, 1.807) is 24.7 Å². The molecule has 9 nitrogen and oxygen atoms in total. The Bertz CT molecular complexity index is 1590. The minimum absolute atomic E-state index is 0.0579. The Labute approximate surface area is 217 Å². The number of carbonyl (C=O) groups is 1. The van der Waals surface area contributed by atoms with E-state index in [1.165, 1.54) is 13.2 Å². The third kappa shape index (κ3) is 5.38. The number of nitrogens with one attached hydrogen (secondary N) is 2. The van der Waals surface area contributed by atoms with Crippen molar-refractivity contribution in [3.8, 4) is 11.1 Å². The molecule has 0 spiro atoms. The lowest BCUT2D eigenvalue weighted by Crippen LogP contribution is -2.34. The molecule has 3 heterocycles. The van der Waals surface area contributed by atoms with E-state index in [0.717, 1.165) is 16.4 Å². The Hall–Kier alpha value is -3.84. The summed E-state index contributed by atoms with van der Waals surface area (Å²) in [5.41, 5.74) is -0.0966. The first-order chi connectivity index (χ1) is 18.0. The number of H-pyrrole nitrogens is 1. The summed E-state index contributed by atoms with van der Waals surface area (Å²) in [6, 6.07) is 3.29. The van der Waals surface area contributed by atoms with Gasteiger partial charge in [0, 0.05) is 66.4 Å². The number of aromatic nitrogens is 4. The highest BCUT2D eigenvalue weighted by molar-refractivity contribution is 7.90. The maximum absolute atomic E-state index is 15.4. The first kappa shape index (κ1) is 27.2. The second-order valence-electron chi connectivity index (χ2n) is 8.89. The zero-order valence-electron chi connectivity index (χ0n) is 20.8. The number of rotatable bonds is 10. The molecule has 0 saturated carbocycles. The molecule has 0 bridgehead atoms. The predicted octanol–water partition coefficient (Wildman–Crippen LogP) is 4.60. The van der Waals surface area contributed by atoms with Crippen LogP contribution in [0.4, 0.5) is 18.9 Å². The Morgan fingerprint density at radius 2 is 1.79 bits per heavy atom. The van der Waals surface area contributed by atoms with Crippen molar-refractivity contribution >= 4 is 32.7 Å². The lowest BCUT2D eigenvalue weighted by Gasteiger charge is -2.18. The van der Waals surface area contributed by atoms with E-state index in [-0.39, 0.29) is 24.4 Å². The number of pyridine rings is 1. The molecule has 0 amide bonds. The molecule has 3 aromatic heterocycles. The summed E-state index contributed by atoms with van der Waals surface area (Å²) in [6.45, 7) is 3.03. The number of ketones is 1. The smallest absolute Gasteiger partial charge is 0.301 e. The highest BCUT2D eigenvalue weighted by Gasteiger charge is 2.27. The van der Waals surface area contributed by atoms with Gasteiger partial charge in [-0.1, -0.05) is 13.8 Å². The number of fused-ring (bicyclic) bond motifs is 1. The number of hydrogen-bond donors (Lipinski definition) is 2. The van der Waals surface area contributed by atoms with Crippen LogP contribution in [0.3, 0.4) is 0 Å². The van der Waals surface area contributed by atoms with Crippen LogP contribution in [0.1, 0.15) is 47.9 Å². The highest BCUT2D eigenvalue weighted by Crippen LogP contribution is 2.29. The molecule has 4 rings (SSSR count). The quantitative estimate of drug-likeness (QED) is 0.281. The molecule has 0 aliphatic carbocycles. The van der Waals surface area contributed by atoms with Crippen molar-refractivity contribution in [3.63, 3.8) is 0 Å². The van der Waals surface area contributed by atoms with Gasteiger partial charge >= 0.3 is 10.2 Å². The first-order valence-corrected chi connectivity index (χ1v) is 13.1. The summed E-state index contributed by atoms with van der Waals surface area (Å²) in [5, 5.41) is 0.302. The summed E-state index contributed by atoms with van der Waals surface area (Å²) in [6.07, 6.45) is 6.02. The van der Waals surface area contributed by atoms with Gasteiger partial charge in [-0.2, -0.15) is 12.7 Å². The lowest BCUT2D eigenvalue weighted by atomic mass is 10.0. The second kappa shape index (κ2) is 10.9. The number of aromatic amines is 1. The standard InChI is InChI=1S/C25H25F3N6O3S/c1-14(2)24-29-11-16(12-30-24)15-9-17-18(13-32-25(17)31-10-15)23(35)21-19(27)5-6-20(22(21)28)33-38(36,37)34(3)8-4-7-26/h5-6,9-14,33H,4,7-8H2,1-3H3,(H,31,32). The van der Waals surface area contributed by atoms with Crippen LogP contribution >= 0.6 is 0 Å². The van der Waals surface area contributed by atoms with Gasteiger partial charge in [0.1, 0.15) is 17.3 Å². The van der Waals surface area contributed by atoms with Crippen LogP contribution in [0.15, 0.2) is 43.0 Å². The number of nitrogens with zero attached hydrogens (tertiary/aromatic N) is 4. The van der Waals surface area contributed by atoms with Crippen molar-refractivity contribution in [1.29, 1.82) is 0 Å². The Morgan fingerprint density at radius 1 is 1.11 bits per heavy atom. The summed E-state index contributed by atoms with van der Waals surface area (Å²) in [4.78, 5) is 29.1. The molecule has 2 N–H and O–H groups in total. The van der Waals surface area contributed by atoms with E-state index in [2.05, 4.69) is 19.9 Å². The van der Waals surface area contributed by atoms with Crippen molar-refractivity contribution in [2.45, 2.75) is 26.2 Å². The molecule has 0 aliphatic heterocycles. The normalized spacial score (nSPS) is 12.0. The van der Waals surface area contributed by atoms with Crippen LogP contribution in [0, 0.1) is 11.6 Å². The highest BCUT2D eigenvalue weighted by atomic mass is 32.2. The molecule has 13 heteroatoms. The van der Waals surface area contributed by atoms with Gasteiger partial charge in [-0.3, -0.25) is 13.9 Å². The van der Waals surface area contributed by atoms with Crippen LogP contribution in [0.25, 0.3) is 22.2 Å². The van der Waals surface area contributed by atoms with Crippen LogP contribution in [-0.4, -0.2) is 58.7 Å². The van der Waals surface area contributed by atoms with E-state index >= 15 is 4.39 Å². The molecular formula is C25H25F3N6O3S. The molecule has 200 valence electrons. The Balaban J connectivity index is 1.70. The first-order valence-electron chi connectivity index (χ1n) is 11.7. The Morgan fingerprint density at radius 3 is 2.45 bits per heavy atom. The van der Waals surface area contributed by atoms with Gasteiger partial charge in [-0.15, -0.1) is 0 Å². The lowest BCUT2D eigenvalue weighted by molar-refractivity contribution is 0.103. The maximum atomic E-state index is 15.4. The SMILES string of the molecule is CC(C)c1ncc(-c2cnc3[nH]cc(C(=O)c4c(F)ccc(NS(=O)(=O)N(C)CCCF)c4F)c3c2)cn1. The molecule has 0 unspecified atom stereocenters. The molecule has 0 atom stereocenters. The second-order valence-corrected chi connectivity index (χ2v) is 10.7. The number of carbonyl (C=O) groups excluding carboxylic acids is 1. The largest absolute Gasteiger partial charge is 0.345 e. The molecule has 0 radical (unpaired) electrons. The minimum atomic E-state index is -4.28. The number of benzene rings is 1. The molecule has 38 heavy (non-hydrogen) atoms. The molecular weight excluding hydrogens is 521 g/mol. The monoisotopic (exact) mass is 546 g/mol. The van der Waals surface area contributed by atoms with Gasteiger partial charge in [0.15, 0.2) is 5.82 Å². The molecule has 0 aliphatic rings. The topological polar surface area (TPSA) is 121 Å². The Kier molecular flexibility index (Phi) is 7.78. The van der Waals surface area contributed by atoms with Gasteiger partial charge in [-0.05, 0) is 24.6 Å².